The van der Waals surface area contributed by atoms with Gasteiger partial charge >= 0.3 is 0 Å². The topological polar surface area (TPSA) is 29.4 Å². The maximum absolute atomic E-state index is 12.0. The Balaban J connectivity index is 2.40. The zero-order valence-electron chi connectivity index (χ0n) is 5.96. The standard InChI is InChI=1S/C7H9F2NO/c8-7(9)5-1-2-6(3-5)10-4-11/h5-7H,1-3H2. The average Bonchev–Trinajstić information content (AvgIpc) is 2.37. The fraction of sp³-hybridized carbons (Fsp3) is 0.857. The third-order valence-electron chi connectivity index (χ3n) is 2.04. The monoisotopic (exact) mass is 161 g/mol. The van der Waals surface area contributed by atoms with Gasteiger partial charge in [-0.15, -0.1) is 0 Å². The lowest BCUT2D eigenvalue weighted by Gasteiger charge is -2.05. The molecule has 2 atom stereocenters. The molecule has 2 nitrogen and oxygen atoms in total. The van der Waals surface area contributed by atoms with Crippen molar-refractivity contribution in [3.05, 3.63) is 0 Å². The van der Waals surface area contributed by atoms with Gasteiger partial charge in [0.2, 0.25) is 12.5 Å². The molecule has 0 bridgehead atoms. The first kappa shape index (κ1) is 8.34. The predicted octanol–water partition coefficient (Wildman–Crippen LogP) is 1.76. The van der Waals surface area contributed by atoms with Crippen LogP contribution in [0.5, 0.6) is 0 Å². The van der Waals surface area contributed by atoms with Gasteiger partial charge < -0.3 is 0 Å². The smallest absolute Gasteiger partial charge is 0.211 e. The number of hydrogen-bond donors (Lipinski definition) is 0. The van der Waals surface area contributed by atoms with Crippen molar-refractivity contribution in [2.24, 2.45) is 10.9 Å². The van der Waals surface area contributed by atoms with E-state index in [9.17, 15) is 13.6 Å². The summed E-state index contributed by atoms with van der Waals surface area (Å²) in [5.41, 5.74) is 0. The fourth-order valence-corrected chi connectivity index (χ4v) is 1.41. The molecule has 11 heavy (non-hydrogen) atoms. The summed E-state index contributed by atoms with van der Waals surface area (Å²) in [6.45, 7) is 0. The van der Waals surface area contributed by atoms with E-state index in [1.54, 1.807) is 0 Å². The molecule has 1 aliphatic rings. The summed E-state index contributed by atoms with van der Waals surface area (Å²) in [6, 6.07) is -0.202. The molecule has 0 radical (unpaired) electrons. The molecule has 0 saturated heterocycles. The van der Waals surface area contributed by atoms with Gasteiger partial charge in [-0.25, -0.2) is 18.6 Å². The van der Waals surface area contributed by atoms with Crippen LogP contribution in [0.1, 0.15) is 19.3 Å². The number of isocyanates is 1. The van der Waals surface area contributed by atoms with E-state index >= 15 is 0 Å². The maximum Gasteiger partial charge on any atom is 0.241 e. The molecular formula is C7H9F2NO. The minimum Gasteiger partial charge on any atom is -0.211 e. The fourth-order valence-electron chi connectivity index (χ4n) is 1.41. The molecule has 1 aliphatic carbocycles. The molecule has 0 aliphatic heterocycles. The lowest BCUT2D eigenvalue weighted by molar-refractivity contribution is 0.0800. The summed E-state index contributed by atoms with van der Waals surface area (Å²) in [6.07, 6.45) is 0.558. The Hall–Kier alpha value is -0.760. The molecule has 1 rings (SSSR count). The van der Waals surface area contributed by atoms with Gasteiger partial charge in [0, 0.05) is 5.92 Å². The van der Waals surface area contributed by atoms with Crippen molar-refractivity contribution >= 4 is 6.08 Å². The Morgan fingerprint density at radius 1 is 1.45 bits per heavy atom. The first-order valence-electron chi connectivity index (χ1n) is 3.59. The van der Waals surface area contributed by atoms with Gasteiger partial charge in [-0.05, 0) is 19.3 Å². The number of hydrogen-bond acceptors (Lipinski definition) is 2. The Bertz CT molecular complexity index is 177. The summed E-state index contributed by atoms with van der Waals surface area (Å²) in [5, 5.41) is 0. The molecule has 0 amide bonds. The van der Waals surface area contributed by atoms with E-state index in [0.717, 1.165) is 0 Å². The lowest BCUT2D eigenvalue weighted by atomic mass is 10.1. The molecule has 1 saturated carbocycles. The van der Waals surface area contributed by atoms with Crippen molar-refractivity contribution in [3.8, 4) is 0 Å². The zero-order chi connectivity index (χ0) is 8.27. The Kier molecular flexibility index (Phi) is 2.71. The summed E-state index contributed by atoms with van der Waals surface area (Å²) in [5.74, 6) is -0.558. The lowest BCUT2D eigenvalue weighted by Crippen LogP contribution is -2.07. The number of alkyl halides is 2. The van der Waals surface area contributed by atoms with Crippen LogP contribution < -0.4 is 0 Å². The van der Waals surface area contributed by atoms with Crippen LogP contribution in [0.4, 0.5) is 8.78 Å². The molecule has 0 N–H and O–H groups in total. The third kappa shape index (κ3) is 2.09. The highest BCUT2D eigenvalue weighted by molar-refractivity contribution is 5.33. The highest BCUT2D eigenvalue weighted by atomic mass is 19.3. The van der Waals surface area contributed by atoms with E-state index in [0.29, 0.717) is 19.3 Å². The van der Waals surface area contributed by atoms with Crippen LogP contribution >= 0.6 is 0 Å². The molecular weight excluding hydrogens is 152 g/mol. The molecule has 1 fully saturated rings. The predicted molar refractivity (Wildman–Crippen MR) is 35.3 cm³/mol. The summed E-state index contributed by atoms with van der Waals surface area (Å²) in [7, 11) is 0. The van der Waals surface area contributed by atoms with E-state index in [1.807, 2.05) is 0 Å². The summed E-state index contributed by atoms with van der Waals surface area (Å²) in [4.78, 5) is 13.2. The normalized spacial score (nSPS) is 30.5. The first-order chi connectivity index (χ1) is 5.24. The number of nitrogens with zero attached hydrogens (tertiary/aromatic N) is 1. The first-order valence-corrected chi connectivity index (χ1v) is 3.59. The maximum atomic E-state index is 12.0. The van der Waals surface area contributed by atoms with Crippen molar-refractivity contribution in [2.75, 3.05) is 0 Å². The number of halogens is 2. The van der Waals surface area contributed by atoms with E-state index < -0.39 is 12.3 Å². The zero-order valence-corrected chi connectivity index (χ0v) is 5.96. The number of rotatable bonds is 2. The van der Waals surface area contributed by atoms with Crippen LogP contribution in [0.15, 0.2) is 4.99 Å². The minimum atomic E-state index is -2.26. The second-order valence-corrected chi connectivity index (χ2v) is 2.78. The van der Waals surface area contributed by atoms with Gasteiger partial charge in [0.25, 0.3) is 0 Å². The molecule has 62 valence electrons. The van der Waals surface area contributed by atoms with Crippen LogP contribution in [0, 0.1) is 5.92 Å². The van der Waals surface area contributed by atoms with Gasteiger partial charge in [-0.2, -0.15) is 0 Å². The second kappa shape index (κ2) is 3.58. The Morgan fingerprint density at radius 3 is 2.64 bits per heavy atom. The Labute approximate surface area is 63.3 Å². The van der Waals surface area contributed by atoms with Gasteiger partial charge in [-0.1, -0.05) is 0 Å². The van der Waals surface area contributed by atoms with Crippen LogP contribution in [-0.2, 0) is 4.79 Å². The van der Waals surface area contributed by atoms with Gasteiger partial charge in [0.15, 0.2) is 0 Å². The van der Waals surface area contributed by atoms with Crippen LogP contribution in [-0.4, -0.2) is 18.5 Å². The van der Waals surface area contributed by atoms with E-state index in [2.05, 4.69) is 4.99 Å². The third-order valence-corrected chi connectivity index (χ3v) is 2.04. The number of carbonyl (C=O) groups excluding carboxylic acids is 1. The van der Waals surface area contributed by atoms with Gasteiger partial charge in [0.1, 0.15) is 0 Å². The van der Waals surface area contributed by atoms with Crippen molar-refractivity contribution in [3.63, 3.8) is 0 Å². The highest BCUT2D eigenvalue weighted by Crippen LogP contribution is 2.31. The minimum absolute atomic E-state index is 0.202. The van der Waals surface area contributed by atoms with Crippen molar-refractivity contribution in [2.45, 2.75) is 31.7 Å². The van der Waals surface area contributed by atoms with E-state index in [-0.39, 0.29) is 6.04 Å². The quantitative estimate of drug-likeness (QED) is 0.448. The molecule has 0 spiro atoms. The summed E-state index contributed by atoms with van der Waals surface area (Å²) >= 11 is 0. The molecule has 0 aromatic rings. The largest absolute Gasteiger partial charge is 0.241 e. The second-order valence-electron chi connectivity index (χ2n) is 2.78. The SMILES string of the molecule is O=C=NC1CCC(C(F)F)C1. The van der Waals surface area contributed by atoms with Crippen LogP contribution in [0.3, 0.4) is 0 Å². The van der Waals surface area contributed by atoms with Crippen molar-refractivity contribution in [1.82, 2.24) is 0 Å². The van der Waals surface area contributed by atoms with Crippen molar-refractivity contribution in [1.29, 1.82) is 0 Å². The van der Waals surface area contributed by atoms with Crippen LogP contribution in [0.25, 0.3) is 0 Å². The molecule has 0 heterocycles. The van der Waals surface area contributed by atoms with E-state index in [1.165, 1.54) is 6.08 Å². The highest BCUT2D eigenvalue weighted by Gasteiger charge is 2.30. The summed E-state index contributed by atoms with van der Waals surface area (Å²) < 4.78 is 24.0. The molecule has 0 aromatic carbocycles. The van der Waals surface area contributed by atoms with E-state index in [4.69, 9.17) is 0 Å². The molecule has 4 heteroatoms. The molecule has 0 aromatic heterocycles. The Morgan fingerprint density at radius 2 is 2.18 bits per heavy atom. The average molecular weight is 161 g/mol. The molecule has 2 unspecified atom stereocenters. The van der Waals surface area contributed by atoms with Crippen molar-refractivity contribution < 1.29 is 13.6 Å². The van der Waals surface area contributed by atoms with Crippen LogP contribution in [0.2, 0.25) is 0 Å². The van der Waals surface area contributed by atoms with Gasteiger partial charge in [0.05, 0.1) is 6.04 Å². The van der Waals surface area contributed by atoms with Gasteiger partial charge in [-0.3, -0.25) is 0 Å². The number of aliphatic imine (C=N–C) groups is 1.